The summed E-state index contributed by atoms with van der Waals surface area (Å²) in [5.74, 6) is 1.33. The third-order valence-electron chi connectivity index (χ3n) is 6.89. The van der Waals surface area contributed by atoms with E-state index in [0.717, 1.165) is 22.6 Å². The average molecular weight is 475 g/mol. The Morgan fingerprint density at radius 1 is 1.03 bits per heavy atom. The minimum Gasteiger partial charge on any atom is -0.454 e. The van der Waals surface area contributed by atoms with E-state index in [-0.39, 0.29) is 24.5 Å². The van der Waals surface area contributed by atoms with Gasteiger partial charge in [0.25, 0.3) is 0 Å². The van der Waals surface area contributed by atoms with Gasteiger partial charge in [-0.05, 0) is 62.9 Å². The molecule has 3 aromatic rings. The molecule has 0 saturated carbocycles. The molecule has 1 aromatic heterocycles. The maximum atomic E-state index is 12.9. The van der Waals surface area contributed by atoms with E-state index in [4.69, 9.17) is 9.47 Å². The zero-order valence-corrected chi connectivity index (χ0v) is 20.1. The molecule has 1 N–H and O–H groups in total. The van der Waals surface area contributed by atoms with E-state index in [1.165, 1.54) is 0 Å². The van der Waals surface area contributed by atoms with Crippen molar-refractivity contribution in [1.29, 1.82) is 0 Å². The normalized spacial score (nSPS) is 15.3. The first-order valence-corrected chi connectivity index (χ1v) is 12.1. The summed E-state index contributed by atoms with van der Waals surface area (Å²) in [6.07, 6.45) is 2.42. The Hall–Kier alpha value is -3.81. The van der Waals surface area contributed by atoms with Crippen molar-refractivity contribution in [1.82, 2.24) is 14.7 Å². The largest absolute Gasteiger partial charge is 0.454 e. The summed E-state index contributed by atoms with van der Waals surface area (Å²) < 4.78 is 12.6. The van der Waals surface area contributed by atoms with Crippen LogP contribution in [0, 0.1) is 19.8 Å². The highest BCUT2D eigenvalue weighted by molar-refractivity contribution is 5.93. The van der Waals surface area contributed by atoms with Crippen LogP contribution in [0.2, 0.25) is 0 Å². The Bertz CT molecular complexity index is 1230. The number of anilines is 1. The van der Waals surface area contributed by atoms with Gasteiger partial charge < -0.3 is 19.7 Å². The molecule has 8 nitrogen and oxygen atoms in total. The number of carbonyl (C=O) groups is 2. The van der Waals surface area contributed by atoms with Gasteiger partial charge >= 0.3 is 0 Å². The van der Waals surface area contributed by atoms with E-state index >= 15 is 0 Å². The van der Waals surface area contributed by atoms with Crippen molar-refractivity contribution in [3.05, 3.63) is 65.5 Å². The number of hydrogen-bond acceptors (Lipinski definition) is 5. The number of ether oxygens (including phenoxy) is 2. The summed E-state index contributed by atoms with van der Waals surface area (Å²) in [7, 11) is 0. The Morgan fingerprint density at radius 3 is 2.54 bits per heavy atom. The Kier molecular flexibility index (Phi) is 6.44. The Balaban J connectivity index is 1.12. The lowest BCUT2D eigenvalue weighted by Gasteiger charge is -2.31. The van der Waals surface area contributed by atoms with Crippen LogP contribution in [0.25, 0.3) is 5.69 Å². The predicted octanol–water partition coefficient (Wildman–Crippen LogP) is 4.03. The molecule has 0 spiro atoms. The number of piperidine rings is 1. The highest BCUT2D eigenvalue weighted by Crippen LogP contribution is 2.34. The van der Waals surface area contributed by atoms with Crippen LogP contribution >= 0.6 is 0 Å². The molecule has 2 aliphatic rings. The van der Waals surface area contributed by atoms with Gasteiger partial charge in [0, 0.05) is 42.9 Å². The third kappa shape index (κ3) is 4.87. The molecule has 2 amide bonds. The van der Waals surface area contributed by atoms with E-state index in [1.54, 1.807) is 12.1 Å². The van der Waals surface area contributed by atoms with Gasteiger partial charge in [0.2, 0.25) is 18.6 Å². The van der Waals surface area contributed by atoms with Crippen molar-refractivity contribution in [2.24, 2.45) is 5.92 Å². The molecule has 0 unspecified atom stereocenters. The minimum atomic E-state index is -0.113. The summed E-state index contributed by atoms with van der Waals surface area (Å²) in [6.45, 7) is 5.44. The number of aromatic nitrogens is 2. The molecule has 1 fully saturated rings. The SMILES string of the molecule is Cc1nn(-c2ccccc2)c(C)c1CCC(=O)N1CCC(C(=O)Nc2ccc3c(c2)OCO3)CC1. The maximum Gasteiger partial charge on any atom is 0.231 e. The second-order valence-corrected chi connectivity index (χ2v) is 9.11. The molecule has 182 valence electrons. The van der Waals surface area contributed by atoms with Crippen molar-refractivity contribution < 1.29 is 19.1 Å². The molecule has 0 aliphatic carbocycles. The van der Waals surface area contributed by atoms with Gasteiger partial charge in [-0.25, -0.2) is 4.68 Å². The summed E-state index contributed by atoms with van der Waals surface area (Å²) in [5, 5.41) is 7.66. The van der Waals surface area contributed by atoms with E-state index in [1.807, 2.05) is 52.9 Å². The first-order valence-electron chi connectivity index (χ1n) is 12.1. The smallest absolute Gasteiger partial charge is 0.231 e. The molecule has 1 saturated heterocycles. The molecule has 2 aromatic carbocycles. The van der Waals surface area contributed by atoms with Crippen molar-refractivity contribution in [3.8, 4) is 17.2 Å². The number of para-hydroxylation sites is 1. The van der Waals surface area contributed by atoms with Crippen molar-refractivity contribution in [2.45, 2.75) is 39.5 Å². The molecular weight excluding hydrogens is 444 g/mol. The lowest BCUT2D eigenvalue weighted by atomic mass is 9.95. The van der Waals surface area contributed by atoms with Crippen LogP contribution in [-0.4, -0.2) is 46.4 Å². The molecule has 3 heterocycles. The molecule has 5 rings (SSSR count). The first-order chi connectivity index (χ1) is 17.0. The van der Waals surface area contributed by atoms with E-state index in [0.29, 0.717) is 56.0 Å². The van der Waals surface area contributed by atoms with Gasteiger partial charge in [-0.2, -0.15) is 5.10 Å². The first kappa shape index (κ1) is 23.0. The number of nitrogens with one attached hydrogen (secondary N) is 1. The maximum absolute atomic E-state index is 12.9. The van der Waals surface area contributed by atoms with Crippen molar-refractivity contribution >= 4 is 17.5 Å². The standard InChI is InChI=1S/C27H30N4O4/c1-18-23(19(2)31(29-18)22-6-4-3-5-7-22)9-11-26(32)30-14-12-20(13-15-30)27(33)28-21-8-10-24-25(16-21)35-17-34-24/h3-8,10,16,20H,9,11-15,17H2,1-2H3,(H,28,33). The number of aryl methyl sites for hydroxylation is 1. The zero-order chi connectivity index (χ0) is 24.4. The molecule has 35 heavy (non-hydrogen) atoms. The Morgan fingerprint density at radius 2 is 1.77 bits per heavy atom. The van der Waals surface area contributed by atoms with E-state index in [9.17, 15) is 9.59 Å². The summed E-state index contributed by atoms with van der Waals surface area (Å²) in [4.78, 5) is 27.6. The summed E-state index contributed by atoms with van der Waals surface area (Å²) in [6, 6.07) is 15.4. The van der Waals surface area contributed by atoms with E-state index < -0.39 is 0 Å². The van der Waals surface area contributed by atoms with Crippen LogP contribution in [0.5, 0.6) is 11.5 Å². The third-order valence-corrected chi connectivity index (χ3v) is 6.89. The molecule has 0 bridgehead atoms. The van der Waals surface area contributed by atoms with Crippen molar-refractivity contribution in [3.63, 3.8) is 0 Å². The van der Waals surface area contributed by atoms with Crippen LogP contribution in [0.3, 0.4) is 0 Å². The number of hydrogen-bond donors (Lipinski definition) is 1. The fourth-order valence-electron chi connectivity index (χ4n) is 4.86. The quantitative estimate of drug-likeness (QED) is 0.583. The highest BCUT2D eigenvalue weighted by atomic mass is 16.7. The van der Waals surface area contributed by atoms with Gasteiger partial charge in [-0.1, -0.05) is 18.2 Å². The van der Waals surface area contributed by atoms with Gasteiger partial charge in [0.05, 0.1) is 11.4 Å². The topological polar surface area (TPSA) is 85.7 Å². The van der Waals surface area contributed by atoms with Crippen LogP contribution in [0.1, 0.15) is 36.2 Å². The summed E-state index contributed by atoms with van der Waals surface area (Å²) in [5.41, 5.74) is 4.87. The number of amides is 2. The number of likely N-dealkylation sites (tertiary alicyclic amines) is 1. The molecule has 0 atom stereocenters. The van der Waals surface area contributed by atoms with E-state index in [2.05, 4.69) is 17.3 Å². The Labute approximate surface area is 204 Å². The lowest BCUT2D eigenvalue weighted by Crippen LogP contribution is -2.41. The summed E-state index contributed by atoms with van der Waals surface area (Å²) >= 11 is 0. The number of nitrogens with zero attached hydrogens (tertiary/aromatic N) is 3. The monoisotopic (exact) mass is 474 g/mol. The van der Waals surface area contributed by atoms with Gasteiger partial charge in [-0.15, -0.1) is 0 Å². The number of benzene rings is 2. The average Bonchev–Trinajstić information content (AvgIpc) is 3.46. The van der Waals surface area contributed by atoms with Crippen LogP contribution in [0.15, 0.2) is 48.5 Å². The lowest BCUT2D eigenvalue weighted by molar-refractivity contribution is -0.134. The number of fused-ring (bicyclic) bond motifs is 1. The van der Waals surface area contributed by atoms with Crippen LogP contribution in [-0.2, 0) is 16.0 Å². The molecule has 2 aliphatic heterocycles. The fourth-order valence-corrected chi connectivity index (χ4v) is 4.86. The highest BCUT2D eigenvalue weighted by Gasteiger charge is 2.28. The zero-order valence-electron chi connectivity index (χ0n) is 20.1. The van der Waals surface area contributed by atoms with Crippen molar-refractivity contribution in [2.75, 3.05) is 25.2 Å². The fraction of sp³-hybridized carbons (Fsp3) is 0.370. The minimum absolute atomic E-state index is 0.0180. The molecule has 0 radical (unpaired) electrons. The van der Waals surface area contributed by atoms with Gasteiger partial charge in [0.15, 0.2) is 11.5 Å². The number of rotatable bonds is 6. The second kappa shape index (κ2) is 9.82. The van der Waals surface area contributed by atoms with Gasteiger partial charge in [-0.3, -0.25) is 9.59 Å². The number of carbonyl (C=O) groups excluding carboxylic acids is 2. The van der Waals surface area contributed by atoms with Crippen LogP contribution in [0.4, 0.5) is 5.69 Å². The van der Waals surface area contributed by atoms with Gasteiger partial charge in [0.1, 0.15) is 0 Å². The molecule has 8 heteroatoms. The van der Waals surface area contributed by atoms with Crippen LogP contribution < -0.4 is 14.8 Å². The second-order valence-electron chi connectivity index (χ2n) is 9.11. The predicted molar refractivity (Wildman–Crippen MR) is 132 cm³/mol. The molecular formula is C27H30N4O4.